The van der Waals surface area contributed by atoms with Crippen LogP contribution in [0.25, 0.3) is 17.8 Å². The molecule has 0 aliphatic carbocycles. The number of pyridine rings is 1. The highest BCUT2D eigenvalue weighted by molar-refractivity contribution is 5.69. The molecule has 5 rings (SSSR count). The summed E-state index contributed by atoms with van der Waals surface area (Å²) in [7, 11) is 0. The molecule has 0 atom stereocenters. The maximum Gasteiger partial charge on any atom is 0.255 e. The number of hydrogen-bond donors (Lipinski definition) is 1. The van der Waals surface area contributed by atoms with E-state index in [-0.39, 0.29) is 5.56 Å². The van der Waals surface area contributed by atoms with Crippen LogP contribution in [0.5, 0.6) is 0 Å². The summed E-state index contributed by atoms with van der Waals surface area (Å²) >= 11 is 0. The summed E-state index contributed by atoms with van der Waals surface area (Å²) in [6.07, 6.45) is 8.42. The van der Waals surface area contributed by atoms with Crippen molar-refractivity contribution in [1.82, 2.24) is 9.88 Å². The molecule has 3 heterocycles. The monoisotopic (exact) mass is 397 g/mol. The number of nitrogens with zero attached hydrogens (tertiary/aromatic N) is 2. The van der Waals surface area contributed by atoms with Crippen molar-refractivity contribution in [3.05, 3.63) is 94.4 Å². The van der Waals surface area contributed by atoms with Gasteiger partial charge >= 0.3 is 0 Å². The van der Waals surface area contributed by atoms with Crippen molar-refractivity contribution in [2.24, 2.45) is 5.41 Å². The van der Waals surface area contributed by atoms with E-state index in [2.05, 4.69) is 22.3 Å². The zero-order chi connectivity index (χ0) is 20.4. The van der Waals surface area contributed by atoms with Crippen LogP contribution in [0.15, 0.2) is 77.7 Å². The summed E-state index contributed by atoms with van der Waals surface area (Å²) in [4.78, 5) is 15.1. The zero-order valence-corrected chi connectivity index (χ0v) is 17.1. The van der Waals surface area contributed by atoms with Crippen molar-refractivity contribution in [2.75, 3.05) is 31.1 Å². The van der Waals surface area contributed by atoms with Gasteiger partial charge in [-0.1, -0.05) is 42.5 Å². The number of anilines is 1. The van der Waals surface area contributed by atoms with Crippen molar-refractivity contribution in [3.63, 3.8) is 0 Å². The van der Waals surface area contributed by atoms with Gasteiger partial charge in [0, 0.05) is 42.1 Å². The van der Waals surface area contributed by atoms with Gasteiger partial charge in [0.2, 0.25) is 0 Å². The normalized spacial score (nSPS) is 17.9. The maximum atomic E-state index is 12.7. The molecule has 4 heteroatoms. The highest BCUT2D eigenvalue weighted by Gasteiger charge is 2.43. The lowest BCUT2D eigenvalue weighted by molar-refractivity contribution is 0.150. The number of aromatic nitrogens is 1. The van der Waals surface area contributed by atoms with Gasteiger partial charge in [0.1, 0.15) is 0 Å². The molecule has 1 spiro atoms. The number of piperidine rings is 1. The zero-order valence-electron chi connectivity index (χ0n) is 17.1. The largest absolute Gasteiger partial charge is 0.370 e. The van der Waals surface area contributed by atoms with E-state index >= 15 is 0 Å². The Labute approximate surface area is 177 Å². The maximum absolute atomic E-state index is 12.7. The van der Waals surface area contributed by atoms with Gasteiger partial charge in [0.05, 0.1) is 0 Å². The van der Waals surface area contributed by atoms with E-state index < -0.39 is 0 Å². The molecule has 0 bridgehead atoms. The molecule has 2 aromatic carbocycles. The summed E-state index contributed by atoms with van der Waals surface area (Å²) in [6.45, 7) is 4.59. The van der Waals surface area contributed by atoms with Crippen LogP contribution < -0.4 is 15.8 Å². The summed E-state index contributed by atoms with van der Waals surface area (Å²) in [5.41, 5.74) is 4.68. The SMILES string of the molecule is O=c1cc(/C=C/c2ccccc2)ccn1-c1ccc(N2CC3(CCNCC3)C2)cc1. The van der Waals surface area contributed by atoms with Crippen LogP contribution in [-0.2, 0) is 0 Å². The molecular formula is C26H27N3O. The summed E-state index contributed by atoms with van der Waals surface area (Å²) in [5, 5.41) is 3.46. The molecule has 4 nitrogen and oxygen atoms in total. The minimum atomic E-state index is -0.0180. The number of hydrogen-bond acceptors (Lipinski definition) is 3. The molecule has 0 radical (unpaired) electrons. The minimum Gasteiger partial charge on any atom is -0.370 e. The van der Waals surface area contributed by atoms with E-state index in [9.17, 15) is 4.79 Å². The lowest BCUT2D eigenvalue weighted by Crippen LogP contribution is -2.60. The second-order valence-electron chi connectivity index (χ2n) is 8.53. The van der Waals surface area contributed by atoms with Gasteiger partial charge in [0.25, 0.3) is 5.56 Å². The van der Waals surface area contributed by atoms with E-state index in [1.54, 1.807) is 10.6 Å². The van der Waals surface area contributed by atoms with Gasteiger partial charge in [-0.2, -0.15) is 0 Å². The third kappa shape index (κ3) is 3.83. The molecule has 2 fully saturated rings. The molecule has 1 aromatic heterocycles. The third-order valence-corrected chi connectivity index (χ3v) is 6.42. The molecule has 0 saturated carbocycles. The molecular weight excluding hydrogens is 370 g/mol. The Morgan fingerprint density at radius 3 is 2.17 bits per heavy atom. The molecule has 30 heavy (non-hydrogen) atoms. The fourth-order valence-electron chi connectivity index (χ4n) is 4.61. The Bertz CT molecular complexity index is 1090. The Morgan fingerprint density at radius 2 is 1.47 bits per heavy atom. The molecule has 1 N–H and O–H groups in total. The molecule has 2 aliphatic heterocycles. The van der Waals surface area contributed by atoms with Crippen LogP contribution in [0, 0.1) is 5.41 Å². The standard InChI is InChI=1S/C26H27N3O/c30-25-18-22(7-6-21-4-2-1-3-5-21)12-17-29(25)24-10-8-23(9-11-24)28-19-26(20-28)13-15-27-16-14-26/h1-12,17-18,27H,13-16,19-20H2/b7-6+. The van der Waals surface area contributed by atoms with Crippen molar-refractivity contribution in [1.29, 1.82) is 0 Å². The smallest absolute Gasteiger partial charge is 0.255 e. The van der Waals surface area contributed by atoms with Crippen LogP contribution in [0.4, 0.5) is 5.69 Å². The first-order chi connectivity index (χ1) is 14.7. The van der Waals surface area contributed by atoms with Crippen molar-refractivity contribution in [3.8, 4) is 5.69 Å². The van der Waals surface area contributed by atoms with Crippen LogP contribution in [0.1, 0.15) is 24.0 Å². The van der Waals surface area contributed by atoms with Crippen LogP contribution in [0.3, 0.4) is 0 Å². The van der Waals surface area contributed by atoms with Gasteiger partial charge in [-0.05, 0) is 67.4 Å². The predicted octanol–water partition coefficient (Wildman–Crippen LogP) is 4.20. The Hall–Kier alpha value is -3.11. The topological polar surface area (TPSA) is 37.3 Å². The highest BCUT2D eigenvalue weighted by atomic mass is 16.1. The van der Waals surface area contributed by atoms with E-state index in [0.29, 0.717) is 5.41 Å². The molecule has 0 unspecified atom stereocenters. The fraction of sp³-hybridized carbons (Fsp3) is 0.269. The van der Waals surface area contributed by atoms with Crippen molar-refractivity contribution < 1.29 is 0 Å². The Kier molecular flexibility index (Phi) is 5.01. The van der Waals surface area contributed by atoms with E-state index in [4.69, 9.17) is 0 Å². The van der Waals surface area contributed by atoms with Crippen molar-refractivity contribution in [2.45, 2.75) is 12.8 Å². The van der Waals surface area contributed by atoms with Gasteiger partial charge in [-0.15, -0.1) is 0 Å². The summed E-state index contributed by atoms with van der Waals surface area (Å²) in [5.74, 6) is 0. The Balaban J connectivity index is 1.28. The fourth-order valence-corrected chi connectivity index (χ4v) is 4.61. The number of rotatable bonds is 4. The third-order valence-electron chi connectivity index (χ3n) is 6.42. The molecule has 2 aliphatic rings. The number of benzene rings is 2. The number of nitrogens with one attached hydrogen (secondary N) is 1. The van der Waals surface area contributed by atoms with Gasteiger partial charge in [-0.3, -0.25) is 9.36 Å². The first-order valence-electron chi connectivity index (χ1n) is 10.7. The lowest BCUT2D eigenvalue weighted by atomic mass is 9.72. The molecule has 0 amide bonds. The summed E-state index contributed by atoms with van der Waals surface area (Å²) < 4.78 is 1.70. The van der Waals surface area contributed by atoms with Gasteiger partial charge < -0.3 is 10.2 Å². The highest BCUT2D eigenvalue weighted by Crippen LogP contribution is 2.41. The molecule has 2 saturated heterocycles. The van der Waals surface area contributed by atoms with E-state index in [1.807, 2.05) is 66.9 Å². The van der Waals surface area contributed by atoms with E-state index in [0.717, 1.165) is 43.0 Å². The average molecular weight is 398 g/mol. The van der Waals surface area contributed by atoms with Gasteiger partial charge in [0.15, 0.2) is 0 Å². The van der Waals surface area contributed by atoms with Crippen molar-refractivity contribution >= 4 is 17.8 Å². The van der Waals surface area contributed by atoms with Crippen LogP contribution >= 0.6 is 0 Å². The average Bonchev–Trinajstić information content (AvgIpc) is 2.78. The minimum absolute atomic E-state index is 0.0180. The predicted molar refractivity (Wildman–Crippen MR) is 124 cm³/mol. The van der Waals surface area contributed by atoms with Crippen LogP contribution in [0.2, 0.25) is 0 Å². The molecule has 3 aromatic rings. The second-order valence-corrected chi connectivity index (χ2v) is 8.53. The van der Waals surface area contributed by atoms with E-state index in [1.165, 1.54) is 18.5 Å². The Morgan fingerprint density at radius 1 is 0.800 bits per heavy atom. The first kappa shape index (κ1) is 18.9. The van der Waals surface area contributed by atoms with Crippen LogP contribution in [-0.4, -0.2) is 30.7 Å². The molecule has 152 valence electrons. The first-order valence-corrected chi connectivity index (χ1v) is 10.7. The van der Waals surface area contributed by atoms with Gasteiger partial charge in [-0.25, -0.2) is 0 Å². The quantitative estimate of drug-likeness (QED) is 0.717. The second kappa shape index (κ2) is 7.96. The lowest BCUT2D eigenvalue weighted by Gasteiger charge is -2.53. The summed E-state index contributed by atoms with van der Waals surface area (Å²) in [6, 6.07) is 22.1.